The summed E-state index contributed by atoms with van der Waals surface area (Å²) >= 11 is 0. The number of hydrogen-bond donors (Lipinski definition) is 2. The summed E-state index contributed by atoms with van der Waals surface area (Å²) in [4.78, 5) is 2.39. The predicted molar refractivity (Wildman–Crippen MR) is 63.7 cm³/mol. The molecule has 1 saturated carbocycles. The quantitative estimate of drug-likeness (QED) is 0.723. The zero-order chi connectivity index (χ0) is 11.5. The fourth-order valence-corrected chi connectivity index (χ4v) is 2.42. The highest BCUT2D eigenvalue weighted by Crippen LogP contribution is 2.26. The number of rotatable bonds is 5. The maximum absolute atomic E-state index is 9.89. The van der Waals surface area contributed by atoms with Gasteiger partial charge in [0.05, 0.1) is 6.10 Å². The normalized spacial score (nSPS) is 27.6. The highest BCUT2D eigenvalue weighted by Gasteiger charge is 2.32. The minimum Gasteiger partial charge on any atom is -0.391 e. The van der Waals surface area contributed by atoms with Gasteiger partial charge >= 0.3 is 0 Å². The Morgan fingerprint density at radius 2 is 2.07 bits per heavy atom. The Balaban J connectivity index is 2.55. The summed E-state index contributed by atoms with van der Waals surface area (Å²) in [7, 11) is 0. The van der Waals surface area contributed by atoms with Crippen molar-refractivity contribution in [2.24, 2.45) is 11.1 Å². The van der Waals surface area contributed by atoms with Crippen molar-refractivity contribution in [1.82, 2.24) is 4.90 Å². The molecule has 0 spiro atoms. The van der Waals surface area contributed by atoms with Gasteiger partial charge in [-0.25, -0.2) is 0 Å². The van der Waals surface area contributed by atoms with Crippen LogP contribution >= 0.6 is 0 Å². The number of nitrogens with two attached hydrogens (primary N) is 1. The summed E-state index contributed by atoms with van der Waals surface area (Å²) in [5.74, 6) is 0. The lowest BCUT2D eigenvalue weighted by molar-refractivity contribution is 0.0521. The monoisotopic (exact) mass is 214 g/mol. The molecule has 0 aliphatic heterocycles. The highest BCUT2D eigenvalue weighted by atomic mass is 16.3. The predicted octanol–water partition coefficient (Wildman–Crippen LogP) is 1.21. The Kier molecular flexibility index (Phi) is 4.56. The lowest BCUT2D eigenvalue weighted by Gasteiger charge is -2.36. The molecule has 3 heteroatoms. The summed E-state index contributed by atoms with van der Waals surface area (Å²) in [5.41, 5.74) is 5.90. The van der Waals surface area contributed by atoms with E-state index in [1.807, 2.05) is 0 Å². The van der Waals surface area contributed by atoms with E-state index in [0.29, 0.717) is 12.6 Å². The minimum atomic E-state index is -0.126. The number of nitrogens with zero attached hydrogens (tertiary/aromatic N) is 1. The maximum atomic E-state index is 9.89. The lowest BCUT2D eigenvalue weighted by Crippen LogP contribution is -2.46. The molecule has 0 heterocycles. The molecule has 1 aliphatic carbocycles. The van der Waals surface area contributed by atoms with Crippen LogP contribution in [0, 0.1) is 5.41 Å². The molecular weight excluding hydrogens is 188 g/mol. The molecule has 15 heavy (non-hydrogen) atoms. The molecular formula is C12H26N2O. The minimum absolute atomic E-state index is 0.126. The Labute approximate surface area is 93.6 Å². The van der Waals surface area contributed by atoms with E-state index < -0.39 is 0 Å². The third kappa shape index (κ3) is 3.44. The molecule has 3 nitrogen and oxygen atoms in total. The van der Waals surface area contributed by atoms with E-state index in [-0.39, 0.29) is 11.5 Å². The van der Waals surface area contributed by atoms with Crippen LogP contribution in [0.1, 0.15) is 40.0 Å². The van der Waals surface area contributed by atoms with E-state index in [2.05, 4.69) is 25.7 Å². The maximum Gasteiger partial charge on any atom is 0.0695 e. The van der Waals surface area contributed by atoms with Gasteiger partial charge in [-0.2, -0.15) is 0 Å². The first-order valence-electron chi connectivity index (χ1n) is 6.12. The van der Waals surface area contributed by atoms with Crippen LogP contribution in [-0.2, 0) is 0 Å². The number of likely N-dealkylation sites (N-methyl/N-ethyl adjacent to an activating group) is 1. The van der Waals surface area contributed by atoms with Gasteiger partial charge in [0.25, 0.3) is 0 Å². The molecule has 2 unspecified atom stereocenters. The molecule has 1 fully saturated rings. The Hall–Kier alpha value is -0.120. The highest BCUT2D eigenvalue weighted by molar-refractivity contribution is 4.87. The van der Waals surface area contributed by atoms with E-state index in [1.165, 1.54) is 0 Å². The number of hydrogen-bond acceptors (Lipinski definition) is 3. The van der Waals surface area contributed by atoms with Gasteiger partial charge in [0.1, 0.15) is 0 Å². The molecule has 0 aromatic rings. The summed E-state index contributed by atoms with van der Waals surface area (Å²) in [6.45, 7) is 9.24. The Bertz CT molecular complexity index is 194. The number of aliphatic hydroxyl groups is 1. The first-order valence-corrected chi connectivity index (χ1v) is 6.12. The van der Waals surface area contributed by atoms with Crippen molar-refractivity contribution < 1.29 is 5.11 Å². The van der Waals surface area contributed by atoms with E-state index in [1.54, 1.807) is 0 Å². The van der Waals surface area contributed by atoms with Gasteiger partial charge in [-0.05, 0) is 37.8 Å². The van der Waals surface area contributed by atoms with Gasteiger partial charge in [0.2, 0.25) is 0 Å². The molecule has 0 bridgehead atoms. The first-order chi connectivity index (χ1) is 7.00. The second kappa shape index (κ2) is 5.28. The molecule has 0 radical (unpaired) electrons. The molecule has 0 aromatic heterocycles. The molecule has 1 rings (SSSR count). The van der Waals surface area contributed by atoms with Gasteiger partial charge in [0, 0.05) is 12.6 Å². The van der Waals surface area contributed by atoms with Crippen LogP contribution in [-0.4, -0.2) is 41.8 Å². The fourth-order valence-electron chi connectivity index (χ4n) is 2.42. The van der Waals surface area contributed by atoms with Crippen LogP contribution in [0.3, 0.4) is 0 Å². The van der Waals surface area contributed by atoms with Crippen molar-refractivity contribution in [3.05, 3.63) is 0 Å². The van der Waals surface area contributed by atoms with E-state index in [4.69, 9.17) is 5.73 Å². The molecule has 0 aromatic carbocycles. The first kappa shape index (κ1) is 12.9. The van der Waals surface area contributed by atoms with Crippen molar-refractivity contribution in [2.45, 2.75) is 52.2 Å². The van der Waals surface area contributed by atoms with Crippen molar-refractivity contribution in [3.63, 3.8) is 0 Å². The van der Waals surface area contributed by atoms with Crippen molar-refractivity contribution in [2.75, 3.05) is 19.6 Å². The molecule has 3 N–H and O–H groups in total. The summed E-state index contributed by atoms with van der Waals surface area (Å²) in [5, 5.41) is 9.89. The zero-order valence-electron chi connectivity index (χ0n) is 10.4. The van der Waals surface area contributed by atoms with Crippen LogP contribution < -0.4 is 5.73 Å². The molecule has 90 valence electrons. The SMILES string of the molecule is CCN(CC(C)(C)CN)C1CCCC1O. The van der Waals surface area contributed by atoms with Crippen LogP contribution in [0.25, 0.3) is 0 Å². The van der Waals surface area contributed by atoms with E-state index in [0.717, 1.165) is 32.4 Å². The van der Waals surface area contributed by atoms with E-state index in [9.17, 15) is 5.11 Å². The second-order valence-corrected chi connectivity index (χ2v) is 5.50. The van der Waals surface area contributed by atoms with Gasteiger partial charge in [-0.1, -0.05) is 20.8 Å². The summed E-state index contributed by atoms with van der Waals surface area (Å²) in [6.07, 6.45) is 3.13. The van der Waals surface area contributed by atoms with Crippen molar-refractivity contribution >= 4 is 0 Å². The standard InChI is InChI=1S/C12H26N2O/c1-4-14(9-12(2,3)8-13)10-6-5-7-11(10)15/h10-11,15H,4-9,13H2,1-3H3. The zero-order valence-corrected chi connectivity index (χ0v) is 10.4. The molecule has 1 aliphatic rings. The van der Waals surface area contributed by atoms with E-state index >= 15 is 0 Å². The molecule has 0 saturated heterocycles. The third-order valence-electron chi connectivity index (χ3n) is 3.50. The second-order valence-electron chi connectivity index (χ2n) is 5.50. The lowest BCUT2D eigenvalue weighted by atomic mass is 9.92. The van der Waals surface area contributed by atoms with Crippen molar-refractivity contribution in [3.8, 4) is 0 Å². The third-order valence-corrected chi connectivity index (χ3v) is 3.50. The topological polar surface area (TPSA) is 49.5 Å². The van der Waals surface area contributed by atoms with Crippen LogP contribution in [0.15, 0.2) is 0 Å². The smallest absolute Gasteiger partial charge is 0.0695 e. The van der Waals surface area contributed by atoms with Crippen LogP contribution in [0.2, 0.25) is 0 Å². The summed E-state index contributed by atoms with van der Waals surface area (Å²) < 4.78 is 0. The van der Waals surface area contributed by atoms with Crippen LogP contribution in [0.5, 0.6) is 0 Å². The Morgan fingerprint density at radius 3 is 2.47 bits per heavy atom. The number of aliphatic hydroxyl groups excluding tert-OH is 1. The summed E-state index contributed by atoms with van der Waals surface area (Å²) in [6, 6.07) is 0.362. The Morgan fingerprint density at radius 1 is 1.40 bits per heavy atom. The molecule has 0 amide bonds. The average molecular weight is 214 g/mol. The van der Waals surface area contributed by atoms with Crippen LogP contribution in [0.4, 0.5) is 0 Å². The molecule has 2 atom stereocenters. The van der Waals surface area contributed by atoms with Gasteiger partial charge in [0.15, 0.2) is 0 Å². The average Bonchev–Trinajstić information content (AvgIpc) is 2.61. The fraction of sp³-hybridized carbons (Fsp3) is 1.00. The van der Waals surface area contributed by atoms with Gasteiger partial charge in [-0.15, -0.1) is 0 Å². The van der Waals surface area contributed by atoms with Gasteiger partial charge < -0.3 is 10.8 Å². The van der Waals surface area contributed by atoms with Gasteiger partial charge in [-0.3, -0.25) is 4.90 Å². The van der Waals surface area contributed by atoms with Crippen molar-refractivity contribution in [1.29, 1.82) is 0 Å². The largest absolute Gasteiger partial charge is 0.391 e.